The lowest BCUT2D eigenvalue weighted by atomic mass is 10.1. The topological polar surface area (TPSA) is 51.2 Å². The van der Waals surface area contributed by atoms with E-state index in [9.17, 15) is 4.79 Å². The molecule has 0 atom stereocenters. The normalized spacial score (nSPS) is 10.6. The van der Waals surface area contributed by atoms with Gasteiger partial charge in [-0.2, -0.15) is 0 Å². The van der Waals surface area contributed by atoms with Crippen molar-refractivity contribution in [2.45, 2.75) is 6.92 Å². The maximum absolute atomic E-state index is 12.5. The first-order valence-electron chi connectivity index (χ1n) is 7.10. The minimum absolute atomic E-state index is 0.235. The molecular weight excluding hydrogens is 312 g/mol. The van der Waals surface area contributed by atoms with Crippen molar-refractivity contribution in [3.05, 3.63) is 64.8 Å². The second-order valence-corrected chi connectivity index (χ2v) is 5.52. The molecule has 0 aliphatic carbocycles. The number of aryl methyl sites for hydroxylation is 1. The van der Waals surface area contributed by atoms with Crippen molar-refractivity contribution < 1.29 is 9.53 Å². The zero-order valence-electron chi connectivity index (χ0n) is 12.8. The number of halogens is 1. The molecule has 0 spiro atoms. The first kappa shape index (κ1) is 15.3. The molecule has 1 heterocycles. The van der Waals surface area contributed by atoms with Gasteiger partial charge in [-0.3, -0.25) is 9.78 Å². The number of para-hydroxylation sites is 1. The number of methoxy groups -OCH3 is 1. The number of rotatable bonds is 3. The third-order valence-electron chi connectivity index (χ3n) is 3.58. The molecule has 23 heavy (non-hydrogen) atoms. The molecule has 1 N–H and O–H groups in total. The van der Waals surface area contributed by atoms with Crippen molar-refractivity contribution in [3.8, 4) is 5.75 Å². The number of nitrogens with one attached hydrogen (secondary N) is 1. The van der Waals surface area contributed by atoms with Crippen LogP contribution >= 0.6 is 11.6 Å². The summed E-state index contributed by atoms with van der Waals surface area (Å²) in [5.74, 6) is 0.499. The standard InChI is InChI=1S/C18H15ClN2O2/c1-11-14(18(22)21-16-6-4-3-5-15(16)19)9-12-7-8-13(23-2)10-17(12)20-11/h3-10H,1-2H3,(H,21,22). The molecule has 1 aromatic heterocycles. The number of carbonyl (C=O) groups is 1. The van der Waals surface area contributed by atoms with Crippen molar-refractivity contribution in [1.29, 1.82) is 0 Å². The summed E-state index contributed by atoms with van der Waals surface area (Å²) in [4.78, 5) is 17.0. The van der Waals surface area contributed by atoms with Gasteiger partial charge in [-0.15, -0.1) is 0 Å². The Balaban J connectivity index is 1.97. The zero-order valence-corrected chi connectivity index (χ0v) is 13.5. The predicted octanol–water partition coefficient (Wildman–Crippen LogP) is 4.46. The Morgan fingerprint density at radius 1 is 1.17 bits per heavy atom. The molecule has 3 rings (SSSR count). The average Bonchev–Trinajstić information content (AvgIpc) is 2.55. The molecule has 0 bridgehead atoms. The summed E-state index contributed by atoms with van der Waals surface area (Å²) in [7, 11) is 1.61. The van der Waals surface area contributed by atoms with Gasteiger partial charge < -0.3 is 10.1 Å². The summed E-state index contributed by atoms with van der Waals surface area (Å²) in [5, 5.41) is 4.19. The van der Waals surface area contributed by atoms with Crippen molar-refractivity contribution in [3.63, 3.8) is 0 Å². The van der Waals surface area contributed by atoms with Gasteiger partial charge in [0, 0.05) is 11.5 Å². The summed E-state index contributed by atoms with van der Waals surface area (Å²) < 4.78 is 5.20. The maximum Gasteiger partial charge on any atom is 0.257 e. The van der Waals surface area contributed by atoms with Crippen molar-refractivity contribution in [2.75, 3.05) is 12.4 Å². The van der Waals surface area contributed by atoms with Crippen LogP contribution in [0.25, 0.3) is 10.9 Å². The first-order chi connectivity index (χ1) is 11.1. The van der Waals surface area contributed by atoms with E-state index in [0.717, 1.165) is 16.7 Å². The molecule has 3 aromatic rings. The summed E-state index contributed by atoms with van der Waals surface area (Å²) in [6, 6.07) is 14.5. The average molecular weight is 327 g/mol. The van der Waals surface area contributed by atoms with Crippen LogP contribution in [0, 0.1) is 6.92 Å². The first-order valence-corrected chi connectivity index (χ1v) is 7.47. The second-order valence-electron chi connectivity index (χ2n) is 5.11. The van der Waals surface area contributed by atoms with Crippen LogP contribution in [0.5, 0.6) is 5.75 Å². The van der Waals surface area contributed by atoms with Crippen LogP contribution in [-0.4, -0.2) is 18.0 Å². The fourth-order valence-electron chi connectivity index (χ4n) is 2.35. The van der Waals surface area contributed by atoms with Crippen molar-refractivity contribution >= 4 is 34.1 Å². The Morgan fingerprint density at radius 3 is 2.70 bits per heavy atom. The van der Waals surface area contributed by atoms with Crippen molar-refractivity contribution in [1.82, 2.24) is 4.98 Å². The number of pyridine rings is 1. The minimum atomic E-state index is -0.235. The number of hydrogen-bond donors (Lipinski definition) is 1. The van der Waals surface area contributed by atoms with E-state index in [1.54, 1.807) is 26.2 Å². The van der Waals surface area contributed by atoms with E-state index in [4.69, 9.17) is 16.3 Å². The molecule has 1 amide bonds. The Bertz CT molecular complexity index is 893. The summed E-state index contributed by atoms with van der Waals surface area (Å²) in [6.45, 7) is 1.81. The van der Waals surface area contributed by atoms with E-state index in [2.05, 4.69) is 10.3 Å². The van der Waals surface area contributed by atoms with E-state index in [1.807, 2.05) is 36.4 Å². The monoisotopic (exact) mass is 326 g/mol. The number of amides is 1. The van der Waals surface area contributed by atoms with Crippen LogP contribution in [-0.2, 0) is 0 Å². The highest BCUT2D eigenvalue weighted by molar-refractivity contribution is 6.33. The molecule has 0 saturated heterocycles. The van der Waals surface area contributed by atoms with Crippen LogP contribution in [0.15, 0.2) is 48.5 Å². The summed E-state index contributed by atoms with van der Waals surface area (Å²) in [6.07, 6.45) is 0. The highest BCUT2D eigenvalue weighted by Crippen LogP contribution is 2.24. The van der Waals surface area contributed by atoms with Crippen LogP contribution in [0.1, 0.15) is 16.1 Å². The van der Waals surface area contributed by atoms with Gasteiger partial charge in [0.15, 0.2) is 0 Å². The highest BCUT2D eigenvalue weighted by Gasteiger charge is 2.13. The Labute approximate surface area is 139 Å². The van der Waals surface area contributed by atoms with Gasteiger partial charge in [-0.05, 0) is 37.3 Å². The molecule has 2 aromatic carbocycles. The fourth-order valence-corrected chi connectivity index (χ4v) is 2.54. The van der Waals surface area contributed by atoms with E-state index >= 15 is 0 Å². The third-order valence-corrected chi connectivity index (χ3v) is 3.91. The van der Waals surface area contributed by atoms with Crippen LogP contribution < -0.4 is 10.1 Å². The summed E-state index contributed by atoms with van der Waals surface area (Å²) in [5.41, 5.74) is 2.53. The van der Waals surface area contributed by atoms with E-state index in [-0.39, 0.29) is 5.91 Å². The van der Waals surface area contributed by atoms with E-state index in [1.165, 1.54) is 0 Å². The molecule has 0 unspecified atom stereocenters. The predicted molar refractivity (Wildman–Crippen MR) is 92.4 cm³/mol. The molecule has 116 valence electrons. The highest BCUT2D eigenvalue weighted by atomic mass is 35.5. The van der Waals surface area contributed by atoms with Gasteiger partial charge in [0.05, 0.1) is 34.6 Å². The smallest absolute Gasteiger partial charge is 0.257 e. The number of benzene rings is 2. The largest absolute Gasteiger partial charge is 0.497 e. The van der Waals surface area contributed by atoms with Gasteiger partial charge in [0.2, 0.25) is 0 Å². The maximum atomic E-state index is 12.5. The SMILES string of the molecule is COc1ccc2cc(C(=O)Nc3ccccc3Cl)c(C)nc2c1. The third kappa shape index (κ3) is 3.12. The lowest BCUT2D eigenvalue weighted by Gasteiger charge is -2.10. The van der Waals surface area contributed by atoms with Gasteiger partial charge in [-0.25, -0.2) is 0 Å². The minimum Gasteiger partial charge on any atom is -0.497 e. The molecule has 0 radical (unpaired) electrons. The Kier molecular flexibility index (Phi) is 4.17. The van der Waals surface area contributed by atoms with Crippen LogP contribution in [0.4, 0.5) is 5.69 Å². The fraction of sp³-hybridized carbons (Fsp3) is 0.111. The number of anilines is 1. The quantitative estimate of drug-likeness (QED) is 0.773. The van der Waals surface area contributed by atoms with Gasteiger partial charge in [0.25, 0.3) is 5.91 Å². The lowest BCUT2D eigenvalue weighted by Crippen LogP contribution is -2.14. The Hall–Kier alpha value is -2.59. The molecule has 0 fully saturated rings. The number of aromatic nitrogens is 1. The van der Waals surface area contributed by atoms with E-state index in [0.29, 0.717) is 22.0 Å². The number of carbonyl (C=O) groups excluding carboxylic acids is 1. The number of ether oxygens (including phenoxy) is 1. The second kappa shape index (κ2) is 6.26. The molecule has 4 nitrogen and oxygen atoms in total. The number of fused-ring (bicyclic) bond motifs is 1. The number of hydrogen-bond acceptors (Lipinski definition) is 3. The summed E-state index contributed by atoms with van der Waals surface area (Å²) >= 11 is 6.08. The zero-order chi connectivity index (χ0) is 16.4. The molecular formula is C18H15ClN2O2. The Morgan fingerprint density at radius 2 is 1.96 bits per heavy atom. The van der Waals surface area contributed by atoms with Crippen molar-refractivity contribution in [2.24, 2.45) is 0 Å². The van der Waals surface area contributed by atoms with Gasteiger partial charge in [-0.1, -0.05) is 23.7 Å². The van der Waals surface area contributed by atoms with Crippen LogP contribution in [0.2, 0.25) is 5.02 Å². The molecule has 5 heteroatoms. The van der Waals surface area contributed by atoms with Gasteiger partial charge in [0.1, 0.15) is 5.75 Å². The lowest BCUT2D eigenvalue weighted by molar-refractivity contribution is 0.102. The number of nitrogens with zero attached hydrogens (tertiary/aromatic N) is 1. The van der Waals surface area contributed by atoms with E-state index < -0.39 is 0 Å². The van der Waals surface area contributed by atoms with Gasteiger partial charge >= 0.3 is 0 Å². The molecule has 0 aliphatic heterocycles. The molecule has 0 saturated carbocycles. The molecule has 0 aliphatic rings. The van der Waals surface area contributed by atoms with Crippen LogP contribution in [0.3, 0.4) is 0 Å².